The Morgan fingerprint density at radius 3 is 2.67 bits per heavy atom. The maximum atomic E-state index is 13.0. The van der Waals surface area contributed by atoms with Crippen LogP contribution in [-0.4, -0.2) is 47.3 Å². The number of carbonyl (C=O) groups is 1. The van der Waals surface area contributed by atoms with Crippen molar-refractivity contribution in [1.29, 1.82) is 0 Å². The number of halogens is 1. The Hall–Kier alpha value is -1.70. The largest absolute Gasteiger partial charge is 0.381 e. The minimum absolute atomic E-state index is 0.157. The molecule has 164 valence electrons. The second-order valence-corrected chi connectivity index (χ2v) is 9.19. The number of aryl methyl sites for hydroxylation is 2. The third kappa shape index (κ3) is 4.95. The molecule has 1 saturated heterocycles. The number of H-pyrrole nitrogens is 1. The summed E-state index contributed by atoms with van der Waals surface area (Å²) in [5.41, 5.74) is 3.98. The summed E-state index contributed by atoms with van der Waals surface area (Å²) in [5, 5.41) is 3.72. The lowest BCUT2D eigenvalue weighted by molar-refractivity contribution is -0.117. The van der Waals surface area contributed by atoms with Gasteiger partial charge in [0.1, 0.15) is 0 Å². The zero-order chi connectivity index (χ0) is 21.8. The van der Waals surface area contributed by atoms with Gasteiger partial charge in [-0.3, -0.25) is 9.59 Å². The number of likely N-dealkylation sites (N-methyl/N-ethyl adjacent to an activating group) is 1. The van der Waals surface area contributed by atoms with Crippen LogP contribution in [0.15, 0.2) is 32.1 Å². The molecular weight excluding hydrogens is 422 g/mol. The van der Waals surface area contributed by atoms with Gasteiger partial charge in [0.2, 0.25) is 0 Å². The molecule has 2 aliphatic heterocycles. The zero-order valence-corrected chi connectivity index (χ0v) is 19.6. The quantitative estimate of drug-likeness (QED) is 0.691. The van der Waals surface area contributed by atoms with Gasteiger partial charge in [-0.25, -0.2) is 0 Å². The number of nitrogens with one attached hydrogen (secondary N) is 2. The minimum atomic E-state index is -0.165. The molecule has 0 atom stereocenters. The predicted octanol–water partition coefficient (Wildman–Crippen LogP) is 3.58. The molecule has 0 saturated carbocycles. The molecule has 0 spiro atoms. The summed E-state index contributed by atoms with van der Waals surface area (Å²) in [6.07, 6.45) is 1.91. The Bertz CT molecular complexity index is 932. The predicted molar refractivity (Wildman–Crippen MR) is 123 cm³/mol. The van der Waals surface area contributed by atoms with Crippen molar-refractivity contribution in [3.8, 4) is 0 Å². The number of thioether (sulfide) groups is 1. The van der Waals surface area contributed by atoms with E-state index in [1.54, 1.807) is 0 Å². The lowest BCUT2D eigenvalue weighted by Crippen LogP contribution is -2.40. The van der Waals surface area contributed by atoms with E-state index in [-0.39, 0.29) is 18.0 Å². The maximum Gasteiger partial charge on any atom is 0.258 e. The fourth-order valence-corrected chi connectivity index (χ4v) is 5.51. The van der Waals surface area contributed by atoms with Crippen LogP contribution in [0.1, 0.15) is 43.5 Å². The molecule has 30 heavy (non-hydrogen) atoms. The highest BCUT2D eigenvalue weighted by atomic mass is 35.5. The number of ether oxygens (including phenoxy) is 1. The molecule has 3 heterocycles. The molecule has 1 aromatic heterocycles. The molecular formula is C22H30ClN3O3S. The summed E-state index contributed by atoms with van der Waals surface area (Å²) in [4.78, 5) is 31.0. The van der Waals surface area contributed by atoms with E-state index in [0.717, 1.165) is 60.2 Å². The Balaban J connectivity index is 1.81. The van der Waals surface area contributed by atoms with E-state index in [9.17, 15) is 9.59 Å². The number of aromatic amines is 1. The molecule has 0 aliphatic carbocycles. The van der Waals surface area contributed by atoms with E-state index in [4.69, 9.17) is 16.3 Å². The van der Waals surface area contributed by atoms with E-state index in [1.165, 1.54) is 11.8 Å². The van der Waals surface area contributed by atoms with Gasteiger partial charge in [-0.05, 0) is 57.7 Å². The van der Waals surface area contributed by atoms with Gasteiger partial charge in [0, 0.05) is 49.4 Å². The van der Waals surface area contributed by atoms with E-state index in [1.807, 2.05) is 26.8 Å². The first-order valence-corrected chi connectivity index (χ1v) is 11.7. The number of carbonyl (C=O) groups excluding carboxylic acids is 1. The summed E-state index contributed by atoms with van der Waals surface area (Å²) in [5.74, 6) is 0.405. The zero-order valence-electron chi connectivity index (χ0n) is 18.1. The number of allylic oxidation sites excluding steroid dienone is 1. The maximum absolute atomic E-state index is 13.0. The second-order valence-electron chi connectivity index (χ2n) is 7.75. The smallest absolute Gasteiger partial charge is 0.258 e. The third-order valence-corrected chi connectivity index (χ3v) is 7.37. The normalized spacial score (nSPS) is 18.0. The molecule has 0 aromatic carbocycles. The van der Waals surface area contributed by atoms with Gasteiger partial charge in [0.15, 0.2) is 0 Å². The van der Waals surface area contributed by atoms with Crippen molar-refractivity contribution < 1.29 is 9.53 Å². The van der Waals surface area contributed by atoms with Crippen LogP contribution in [0.3, 0.4) is 0 Å². The molecule has 8 heteroatoms. The van der Waals surface area contributed by atoms with Gasteiger partial charge in [0.25, 0.3) is 11.5 Å². The Labute approximate surface area is 187 Å². The van der Waals surface area contributed by atoms with Crippen molar-refractivity contribution in [1.82, 2.24) is 15.2 Å². The molecule has 1 fully saturated rings. The molecule has 0 bridgehead atoms. The SMILES string of the molecule is CCN(C1=C(Cl)CSC(C(=O)NCc2c(C)cc(C)[nH]c2=O)=C1C)C1CCOCC1. The average Bonchev–Trinajstić information content (AvgIpc) is 2.70. The number of pyridine rings is 1. The fraction of sp³-hybridized carbons (Fsp3) is 0.545. The Morgan fingerprint density at radius 2 is 2.03 bits per heavy atom. The Morgan fingerprint density at radius 1 is 1.33 bits per heavy atom. The van der Waals surface area contributed by atoms with Crippen LogP contribution in [0.25, 0.3) is 0 Å². The molecule has 2 N–H and O–H groups in total. The highest BCUT2D eigenvalue weighted by molar-refractivity contribution is 8.04. The number of hydrogen-bond acceptors (Lipinski definition) is 5. The highest BCUT2D eigenvalue weighted by Gasteiger charge is 2.30. The van der Waals surface area contributed by atoms with Crippen LogP contribution >= 0.6 is 23.4 Å². The molecule has 1 amide bonds. The second kappa shape index (κ2) is 10.1. The summed E-state index contributed by atoms with van der Waals surface area (Å²) in [6, 6.07) is 2.28. The van der Waals surface area contributed by atoms with Crippen molar-refractivity contribution >= 4 is 29.3 Å². The lowest BCUT2D eigenvalue weighted by Gasteiger charge is -2.39. The number of hydrogen-bond donors (Lipinski definition) is 2. The van der Waals surface area contributed by atoms with Gasteiger partial charge in [-0.1, -0.05) is 11.6 Å². The van der Waals surface area contributed by atoms with Gasteiger partial charge in [-0.15, -0.1) is 11.8 Å². The standard InChI is InChI=1S/C22H30ClN3O3S/c1-5-26(16-6-8-29-9-7-16)19-15(4)20(30-12-18(19)23)22(28)24-11-17-13(2)10-14(3)25-21(17)27/h10,16H,5-9,11-12H2,1-4H3,(H,24,28)(H,25,27). The van der Waals surface area contributed by atoms with Crippen molar-refractivity contribution in [2.75, 3.05) is 25.5 Å². The molecule has 6 nitrogen and oxygen atoms in total. The lowest BCUT2D eigenvalue weighted by atomic mass is 10.0. The number of aromatic nitrogens is 1. The first-order chi connectivity index (χ1) is 14.3. The van der Waals surface area contributed by atoms with Crippen LogP contribution in [0.5, 0.6) is 0 Å². The van der Waals surface area contributed by atoms with Crippen LogP contribution in [-0.2, 0) is 16.1 Å². The topological polar surface area (TPSA) is 74.4 Å². The van der Waals surface area contributed by atoms with Gasteiger partial charge >= 0.3 is 0 Å². The van der Waals surface area contributed by atoms with Crippen molar-refractivity contribution in [3.63, 3.8) is 0 Å². The first kappa shape index (κ1) is 23.0. The van der Waals surface area contributed by atoms with E-state index >= 15 is 0 Å². The number of rotatable bonds is 6. The summed E-state index contributed by atoms with van der Waals surface area (Å²) in [6.45, 7) is 10.3. The van der Waals surface area contributed by atoms with Crippen LogP contribution < -0.4 is 10.9 Å². The summed E-state index contributed by atoms with van der Waals surface area (Å²) in [7, 11) is 0. The molecule has 2 aliphatic rings. The monoisotopic (exact) mass is 451 g/mol. The molecule has 1 aromatic rings. The number of amides is 1. The average molecular weight is 452 g/mol. The van der Waals surface area contributed by atoms with Gasteiger partial charge in [-0.2, -0.15) is 0 Å². The van der Waals surface area contributed by atoms with E-state index in [0.29, 0.717) is 22.3 Å². The molecule has 3 rings (SSSR count). The van der Waals surface area contributed by atoms with Crippen molar-refractivity contribution in [2.24, 2.45) is 0 Å². The highest BCUT2D eigenvalue weighted by Crippen LogP contribution is 2.39. The van der Waals surface area contributed by atoms with Crippen LogP contribution in [0.2, 0.25) is 0 Å². The Kier molecular flexibility index (Phi) is 7.71. The minimum Gasteiger partial charge on any atom is -0.381 e. The fourth-order valence-electron chi connectivity index (χ4n) is 4.18. The van der Waals surface area contributed by atoms with Crippen LogP contribution in [0, 0.1) is 13.8 Å². The third-order valence-electron chi connectivity index (χ3n) is 5.68. The van der Waals surface area contributed by atoms with Crippen molar-refractivity contribution in [3.05, 3.63) is 54.4 Å². The van der Waals surface area contributed by atoms with Gasteiger partial charge < -0.3 is 19.9 Å². The molecule has 0 radical (unpaired) electrons. The first-order valence-electron chi connectivity index (χ1n) is 10.4. The number of nitrogens with zero attached hydrogens (tertiary/aromatic N) is 1. The van der Waals surface area contributed by atoms with Gasteiger partial charge in [0.05, 0.1) is 15.6 Å². The van der Waals surface area contributed by atoms with E-state index < -0.39 is 0 Å². The molecule has 0 unspecified atom stereocenters. The van der Waals surface area contributed by atoms with E-state index in [2.05, 4.69) is 22.1 Å². The summed E-state index contributed by atoms with van der Waals surface area (Å²) < 4.78 is 5.51. The summed E-state index contributed by atoms with van der Waals surface area (Å²) >= 11 is 8.10. The van der Waals surface area contributed by atoms with Crippen LogP contribution in [0.4, 0.5) is 0 Å². The van der Waals surface area contributed by atoms with Crippen molar-refractivity contribution in [2.45, 2.75) is 53.1 Å².